The number of hydrogen-bond donors (Lipinski definition) is 0. The smallest absolute Gasteiger partial charge is 0.264 e. The van der Waals surface area contributed by atoms with Crippen molar-refractivity contribution in [3.63, 3.8) is 0 Å². The second-order valence-corrected chi connectivity index (χ2v) is 8.91. The van der Waals surface area contributed by atoms with Crippen LogP contribution in [0.2, 0.25) is 0 Å². The summed E-state index contributed by atoms with van der Waals surface area (Å²) in [7, 11) is 0. The second-order valence-electron chi connectivity index (χ2n) is 7.78. The van der Waals surface area contributed by atoms with Crippen molar-refractivity contribution in [1.29, 1.82) is 0 Å². The summed E-state index contributed by atoms with van der Waals surface area (Å²) in [5.74, 6) is 0.446. The molecule has 0 unspecified atom stereocenters. The summed E-state index contributed by atoms with van der Waals surface area (Å²) in [4.78, 5) is 33.8. The first-order valence-electron chi connectivity index (χ1n) is 10.1. The van der Waals surface area contributed by atoms with Crippen molar-refractivity contribution < 1.29 is 9.59 Å². The van der Waals surface area contributed by atoms with Gasteiger partial charge in [0.25, 0.3) is 5.91 Å². The molecule has 4 rings (SSSR count). The van der Waals surface area contributed by atoms with E-state index in [0.717, 1.165) is 69.8 Å². The Balaban J connectivity index is 1.28. The van der Waals surface area contributed by atoms with Crippen LogP contribution in [-0.4, -0.2) is 72.3 Å². The number of carbonyl (C=O) groups is 2. The molecule has 2 aliphatic heterocycles. The molecule has 5 nitrogen and oxygen atoms in total. The lowest BCUT2D eigenvalue weighted by molar-refractivity contribution is -0.133. The van der Waals surface area contributed by atoms with Gasteiger partial charge >= 0.3 is 0 Å². The largest absolute Gasteiger partial charge is 0.342 e. The van der Waals surface area contributed by atoms with E-state index >= 15 is 0 Å². The average molecular weight is 376 g/mol. The maximum atomic E-state index is 12.8. The Morgan fingerprint density at radius 3 is 2.31 bits per heavy atom. The van der Waals surface area contributed by atoms with Gasteiger partial charge in [-0.15, -0.1) is 11.3 Å². The minimum atomic E-state index is 0.186. The molecule has 1 aromatic rings. The van der Waals surface area contributed by atoms with Gasteiger partial charge < -0.3 is 9.80 Å². The monoisotopic (exact) mass is 375 g/mol. The van der Waals surface area contributed by atoms with Gasteiger partial charge in [-0.3, -0.25) is 14.5 Å². The molecule has 2 amide bonds. The summed E-state index contributed by atoms with van der Waals surface area (Å²) in [6, 6.07) is 2.13. The van der Waals surface area contributed by atoms with Crippen LogP contribution in [0.25, 0.3) is 0 Å². The lowest BCUT2D eigenvalue weighted by atomic mass is 9.99. The van der Waals surface area contributed by atoms with E-state index in [4.69, 9.17) is 0 Å². The fourth-order valence-electron chi connectivity index (χ4n) is 4.30. The lowest BCUT2D eigenvalue weighted by Gasteiger charge is -2.35. The molecule has 2 saturated heterocycles. The van der Waals surface area contributed by atoms with Crippen LogP contribution in [0, 0.1) is 0 Å². The number of thiophene rings is 1. The van der Waals surface area contributed by atoms with Crippen LogP contribution in [0.4, 0.5) is 0 Å². The van der Waals surface area contributed by atoms with Gasteiger partial charge in [-0.25, -0.2) is 0 Å². The minimum Gasteiger partial charge on any atom is -0.342 e. The highest BCUT2D eigenvalue weighted by Gasteiger charge is 2.27. The van der Waals surface area contributed by atoms with Crippen molar-refractivity contribution >= 4 is 23.2 Å². The number of hydrogen-bond acceptors (Lipinski definition) is 4. The maximum absolute atomic E-state index is 12.8. The van der Waals surface area contributed by atoms with E-state index in [2.05, 4.69) is 11.0 Å². The summed E-state index contributed by atoms with van der Waals surface area (Å²) in [5.41, 5.74) is 1.40. The molecule has 0 radical (unpaired) electrons. The number of fused-ring (bicyclic) bond motifs is 1. The van der Waals surface area contributed by atoms with Crippen LogP contribution in [-0.2, 0) is 17.6 Å². The zero-order valence-corrected chi connectivity index (χ0v) is 16.4. The molecule has 26 heavy (non-hydrogen) atoms. The van der Waals surface area contributed by atoms with Crippen LogP contribution in [0.5, 0.6) is 0 Å². The molecule has 2 fully saturated rings. The van der Waals surface area contributed by atoms with E-state index in [9.17, 15) is 9.59 Å². The molecule has 0 saturated carbocycles. The molecule has 3 heterocycles. The zero-order chi connectivity index (χ0) is 17.9. The number of aryl methyl sites for hydroxylation is 2. The van der Waals surface area contributed by atoms with Crippen molar-refractivity contribution in [2.24, 2.45) is 0 Å². The first-order valence-corrected chi connectivity index (χ1v) is 10.9. The van der Waals surface area contributed by atoms with Crippen molar-refractivity contribution in [3.05, 3.63) is 21.4 Å². The van der Waals surface area contributed by atoms with Crippen molar-refractivity contribution in [1.82, 2.24) is 14.7 Å². The molecule has 0 spiro atoms. The fraction of sp³-hybridized carbons (Fsp3) is 0.700. The van der Waals surface area contributed by atoms with Crippen molar-refractivity contribution in [2.75, 3.05) is 45.8 Å². The third kappa shape index (κ3) is 3.96. The van der Waals surface area contributed by atoms with E-state index in [-0.39, 0.29) is 11.8 Å². The summed E-state index contributed by atoms with van der Waals surface area (Å²) >= 11 is 1.70. The molecule has 0 aromatic carbocycles. The third-order valence-corrected chi connectivity index (χ3v) is 7.16. The van der Waals surface area contributed by atoms with E-state index in [1.165, 1.54) is 29.7 Å². The van der Waals surface area contributed by atoms with Crippen molar-refractivity contribution in [3.8, 4) is 0 Å². The molecule has 6 heteroatoms. The number of piperazine rings is 1. The van der Waals surface area contributed by atoms with E-state index in [1.54, 1.807) is 11.3 Å². The highest BCUT2D eigenvalue weighted by atomic mass is 32.1. The van der Waals surface area contributed by atoms with Crippen LogP contribution >= 0.6 is 11.3 Å². The van der Waals surface area contributed by atoms with E-state index in [1.807, 2.05) is 9.80 Å². The Labute approximate surface area is 159 Å². The topological polar surface area (TPSA) is 43.9 Å². The number of likely N-dealkylation sites (tertiary alicyclic amines) is 1. The van der Waals surface area contributed by atoms with E-state index in [0.29, 0.717) is 6.54 Å². The first kappa shape index (κ1) is 18.0. The molecule has 1 aromatic heterocycles. The molecule has 1 aliphatic carbocycles. The van der Waals surface area contributed by atoms with Gasteiger partial charge in [0, 0.05) is 44.1 Å². The summed E-state index contributed by atoms with van der Waals surface area (Å²) < 4.78 is 0. The Kier molecular flexibility index (Phi) is 5.60. The summed E-state index contributed by atoms with van der Waals surface area (Å²) in [5, 5.41) is 0. The van der Waals surface area contributed by atoms with Gasteiger partial charge in [-0.1, -0.05) is 0 Å². The highest BCUT2D eigenvalue weighted by molar-refractivity contribution is 7.14. The standard InChI is InChI=1S/C20H29N3O2S/c24-19(22-8-4-1-5-9-22)15-21-10-12-23(13-11-21)20(25)18-14-16-6-2-3-7-17(16)26-18/h14H,1-13,15H2. The number of amides is 2. The van der Waals surface area contributed by atoms with E-state index < -0.39 is 0 Å². The van der Waals surface area contributed by atoms with Gasteiger partial charge in [-0.2, -0.15) is 0 Å². The number of carbonyl (C=O) groups excluding carboxylic acids is 2. The minimum absolute atomic E-state index is 0.186. The van der Waals surface area contributed by atoms with Crippen LogP contribution < -0.4 is 0 Å². The average Bonchev–Trinajstić information content (AvgIpc) is 3.13. The second kappa shape index (κ2) is 8.09. The van der Waals surface area contributed by atoms with Gasteiger partial charge in [0.2, 0.25) is 5.91 Å². The SMILES string of the molecule is O=C(CN1CCN(C(=O)c2cc3c(s2)CCCC3)CC1)N1CCCCC1. The van der Waals surface area contributed by atoms with Crippen LogP contribution in [0.1, 0.15) is 52.2 Å². The van der Waals surface area contributed by atoms with Gasteiger partial charge in [-0.05, 0) is 56.6 Å². The molecule has 3 aliphatic rings. The Hall–Kier alpha value is -1.40. The fourth-order valence-corrected chi connectivity index (χ4v) is 5.52. The van der Waals surface area contributed by atoms with Gasteiger partial charge in [0.15, 0.2) is 0 Å². The number of rotatable bonds is 3. The maximum Gasteiger partial charge on any atom is 0.264 e. The molecule has 0 N–H and O–H groups in total. The molecular formula is C20H29N3O2S. The molecule has 0 atom stereocenters. The molecule has 0 bridgehead atoms. The third-order valence-electron chi connectivity index (χ3n) is 5.93. The first-order chi connectivity index (χ1) is 12.7. The summed E-state index contributed by atoms with van der Waals surface area (Å²) in [6.45, 7) is 5.41. The normalized spacial score (nSPS) is 21.5. The molecular weight excluding hydrogens is 346 g/mol. The van der Waals surface area contributed by atoms with Gasteiger partial charge in [0.05, 0.1) is 11.4 Å². The summed E-state index contributed by atoms with van der Waals surface area (Å²) in [6.07, 6.45) is 8.30. The predicted molar refractivity (Wildman–Crippen MR) is 104 cm³/mol. The number of piperidine rings is 1. The number of nitrogens with zero attached hydrogens (tertiary/aromatic N) is 3. The van der Waals surface area contributed by atoms with Gasteiger partial charge in [0.1, 0.15) is 0 Å². The quantitative estimate of drug-likeness (QED) is 0.815. The predicted octanol–water partition coefficient (Wildman–Crippen LogP) is 2.40. The lowest BCUT2D eigenvalue weighted by Crippen LogP contribution is -2.51. The highest BCUT2D eigenvalue weighted by Crippen LogP contribution is 2.30. The van der Waals surface area contributed by atoms with Crippen LogP contribution in [0.3, 0.4) is 0 Å². The van der Waals surface area contributed by atoms with Crippen LogP contribution in [0.15, 0.2) is 6.07 Å². The zero-order valence-electron chi connectivity index (χ0n) is 15.5. The Morgan fingerprint density at radius 1 is 0.846 bits per heavy atom. The Bertz CT molecular complexity index is 635. The van der Waals surface area contributed by atoms with Crippen molar-refractivity contribution in [2.45, 2.75) is 44.9 Å². The molecule has 142 valence electrons. The Morgan fingerprint density at radius 2 is 1.58 bits per heavy atom.